The molecule has 1 aromatic rings. The lowest BCUT2D eigenvalue weighted by Crippen LogP contribution is -2.40. The van der Waals surface area contributed by atoms with Crippen molar-refractivity contribution in [3.05, 3.63) is 29.6 Å². The highest BCUT2D eigenvalue weighted by molar-refractivity contribution is 5.26. The zero-order chi connectivity index (χ0) is 13.1. The van der Waals surface area contributed by atoms with E-state index in [0.29, 0.717) is 23.9 Å². The van der Waals surface area contributed by atoms with Gasteiger partial charge in [0.15, 0.2) is 0 Å². The monoisotopic (exact) mass is 246 g/mol. The minimum Gasteiger partial charge on any atom is -0.312 e. The number of nitrogens with one attached hydrogen (secondary N) is 1. The molecule has 0 spiro atoms. The van der Waals surface area contributed by atoms with Gasteiger partial charge in [0, 0.05) is 29.9 Å². The second-order valence-electron chi connectivity index (χ2n) is 6.02. The summed E-state index contributed by atoms with van der Waals surface area (Å²) in [5.74, 6) is 1.26. The van der Waals surface area contributed by atoms with Crippen molar-refractivity contribution in [2.24, 2.45) is 5.92 Å². The van der Waals surface area contributed by atoms with E-state index in [1.54, 1.807) is 0 Å². The summed E-state index contributed by atoms with van der Waals surface area (Å²) < 4.78 is 0. The molecule has 3 atom stereocenters. The molecule has 0 aromatic carbocycles. The van der Waals surface area contributed by atoms with Gasteiger partial charge in [0.05, 0.1) is 0 Å². The summed E-state index contributed by atoms with van der Waals surface area (Å²) in [5.41, 5.74) is 2.83. The van der Waals surface area contributed by atoms with Crippen LogP contribution in [0, 0.1) is 5.92 Å². The lowest BCUT2D eigenvalue weighted by molar-refractivity contribution is 0.299. The summed E-state index contributed by atoms with van der Waals surface area (Å²) in [6, 6.07) is 5.42. The fourth-order valence-corrected chi connectivity index (χ4v) is 3.18. The van der Waals surface area contributed by atoms with E-state index in [1.165, 1.54) is 30.5 Å². The molecule has 1 N–H and O–H groups in total. The van der Waals surface area contributed by atoms with E-state index in [-0.39, 0.29) is 0 Å². The van der Waals surface area contributed by atoms with Gasteiger partial charge < -0.3 is 5.32 Å². The Morgan fingerprint density at radius 3 is 2.78 bits per heavy atom. The second kappa shape index (κ2) is 5.83. The van der Waals surface area contributed by atoms with E-state index < -0.39 is 0 Å². The highest BCUT2D eigenvalue weighted by Gasteiger charge is 2.29. The summed E-state index contributed by atoms with van der Waals surface area (Å²) >= 11 is 0. The number of aryl methyl sites for hydroxylation is 1. The van der Waals surface area contributed by atoms with Crippen LogP contribution in [0.4, 0.5) is 0 Å². The van der Waals surface area contributed by atoms with Crippen LogP contribution in [0.1, 0.15) is 57.7 Å². The maximum absolute atomic E-state index is 4.66. The van der Waals surface area contributed by atoms with E-state index in [2.05, 4.69) is 50.1 Å². The summed E-state index contributed by atoms with van der Waals surface area (Å²) in [5, 5.41) is 3.64. The Kier molecular flexibility index (Phi) is 4.39. The highest BCUT2D eigenvalue weighted by Crippen LogP contribution is 2.36. The van der Waals surface area contributed by atoms with Gasteiger partial charge in [-0.15, -0.1) is 0 Å². The van der Waals surface area contributed by atoms with Crippen molar-refractivity contribution in [2.75, 3.05) is 0 Å². The number of fused-ring (bicyclic) bond motifs is 1. The van der Waals surface area contributed by atoms with Crippen molar-refractivity contribution in [2.45, 2.75) is 65.0 Å². The first-order valence-corrected chi connectivity index (χ1v) is 7.29. The number of nitrogens with zero attached hydrogens (tertiary/aromatic N) is 1. The Morgan fingerprint density at radius 2 is 2.06 bits per heavy atom. The Hall–Kier alpha value is -0.890. The standard InChI is InChI=1S/C16H26N2/c1-11(2)18-13(4)12(3)15-9-5-7-14-8-6-10-17-16(14)15/h6,8,10-13,15,18H,5,7,9H2,1-4H3. The fourth-order valence-electron chi connectivity index (χ4n) is 3.18. The molecule has 2 nitrogen and oxygen atoms in total. The minimum atomic E-state index is 0.544. The van der Waals surface area contributed by atoms with Gasteiger partial charge in [-0.3, -0.25) is 4.98 Å². The van der Waals surface area contributed by atoms with Gasteiger partial charge in [-0.2, -0.15) is 0 Å². The van der Waals surface area contributed by atoms with Crippen LogP contribution < -0.4 is 5.32 Å². The molecule has 100 valence electrons. The largest absolute Gasteiger partial charge is 0.312 e. The number of hydrogen-bond acceptors (Lipinski definition) is 2. The van der Waals surface area contributed by atoms with Crippen LogP contribution in [0.2, 0.25) is 0 Å². The van der Waals surface area contributed by atoms with Crippen LogP contribution in [0.5, 0.6) is 0 Å². The average molecular weight is 246 g/mol. The zero-order valence-corrected chi connectivity index (χ0v) is 12.1. The lowest BCUT2D eigenvalue weighted by Gasteiger charge is -2.34. The highest BCUT2D eigenvalue weighted by atomic mass is 14.9. The normalized spacial score (nSPS) is 22.6. The summed E-state index contributed by atoms with van der Waals surface area (Å²) in [7, 11) is 0. The third kappa shape index (κ3) is 2.92. The van der Waals surface area contributed by atoms with Crippen LogP contribution in [0.15, 0.2) is 18.3 Å². The molecular formula is C16H26N2. The van der Waals surface area contributed by atoms with Gasteiger partial charge >= 0.3 is 0 Å². The van der Waals surface area contributed by atoms with E-state index in [9.17, 15) is 0 Å². The SMILES string of the molecule is CC(C)NC(C)C(C)C1CCCc2cccnc21. The van der Waals surface area contributed by atoms with Crippen LogP contribution in [-0.2, 0) is 6.42 Å². The predicted molar refractivity (Wildman–Crippen MR) is 76.8 cm³/mol. The van der Waals surface area contributed by atoms with Crippen LogP contribution in [-0.4, -0.2) is 17.1 Å². The van der Waals surface area contributed by atoms with Gasteiger partial charge in [-0.1, -0.05) is 26.8 Å². The van der Waals surface area contributed by atoms with Crippen molar-refractivity contribution in [1.82, 2.24) is 10.3 Å². The fraction of sp³-hybridized carbons (Fsp3) is 0.688. The van der Waals surface area contributed by atoms with Gasteiger partial charge in [0.1, 0.15) is 0 Å². The van der Waals surface area contributed by atoms with Gasteiger partial charge in [-0.05, 0) is 43.7 Å². The Labute approximate surface area is 111 Å². The van der Waals surface area contributed by atoms with Crippen molar-refractivity contribution in [3.8, 4) is 0 Å². The summed E-state index contributed by atoms with van der Waals surface area (Å²) in [6.07, 6.45) is 5.75. The molecule has 0 amide bonds. The quantitative estimate of drug-likeness (QED) is 0.879. The summed E-state index contributed by atoms with van der Waals surface area (Å²) in [4.78, 5) is 4.66. The molecule has 0 aliphatic heterocycles. The molecule has 0 saturated carbocycles. The average Bonchev–Trinajstić information content (AvgIpc) is 2.36. The molecule has 18 heavy (non-hydrogen) atoms. The third-order valence-electron chi connectivity index (χ3n) is 4.26. The molecule has 1 aliphatic rings. The molecule has 3 unspecified atom stereocenters. The molecule has 0 fully saturated rings. The maximum atomic E-state index is 4.66. The van der Waals surface area contributed by atoms with Gasteiger partial charge in [0.25, 0.3) is 0 Å². The van der Waals surface area contributed by atoms with Crippen molar-refractivity contribution >= 4 is 0 Å². The summed E-state index contributed by atoms with van der Waals surface area (Å²) in [6.45, 7) is 9.11. The molecule has 0 saturated heterocycles. The van der Waals surface area contributed by atoms with Gasteiger partial charge in [-0.25, -0.2) is 0 Å². The van der Waals surface area contributed by atoms with E-state index >= 15 is 0 Å². The Balaban J connectivity index is 2.14. The Bertz CT molecular complexity index is 386. The lowest BCUT2D eigenvalue weighted by atomic mass is 9.76. The molecule has 0 radical (unpaired) electrons. The molecule has 0 bridgehead atoms. The van der Waals surface area contributed by atoms with Crippen LogP contribution in [0.25, 0.3) is 0 Å². The topological polar surface area (TPSA) is 24.9 Å². The molecule has 1 aromatic heterocycles. The third-order valence-corrected chi connectivity index (χ3v) is 4.26. The minimum absolute atomic E-state index is 0.544. The first-order valence-electron chi connectivity index (χ1n) is 7.29. The molecule has 1 aliphatic carbocycles. The van der Waals surface area contributed by atoms with E-state index in [1.807, 2.05) is 6.20 Å². The first-order chi connectivity index (χ1) is 8.59. The maximum Gasteiger partial charge on any atom is 0.0469 e. The van der Waals surface area contributed by atoms with Crippen LogP contribution in [0.3, 0.4) is 0 Å². The van der Waals surface area contributed by atoms with E-state index in [0.717, 1.165) is 0 Å². The van der Waals surface area contributed by atoms with Crippen LogP contribution >= 0.6 is 0 Å². The second-order valence-corrected chi connectivity index (χ2v) is 6.02. The zero-order valence-electron chi connectivity index (χ0n) is 12.1. The van der Waals surface area contributed by atoms with Crippen molar-refractivity contribution in [1.29, 1.82) is 0 Å². The molecule has 1 heterocycles. The predicted octanol–water partition coefficient (Wildman–Crippen LogP) is 3.52. The van der Waals surface area contributed by atoms with Gasteiger partial charge in [0.2, 0.25) is 0 Å². The smallest absolute Gasteiger partial charge is 0.0469 e. The number of hydrogen-bond donors (Lipinski definition) is 1. The number of aromatic nitrogens is 1. The first kappa shape index (κ1) is 13.5. The van der Waals surface area contributed by atoms with E-state index in [4.69, 9.17) is 0 Å². The van der Waals surface area contributed by atoms with Crippen molar-refractivity contribution in [3.63, 3.8) is 0 Å². The van der Waals surface area contributed by atoms with Crippen molar-refractivity contribution < 1.29 is 0 Å². The Morgan fingerprint density at radius 1 is 1.28 bits per heavy atom. The number of rotatable bonds is 4. The molecular weight excluding hydrogens is 220 g/mol. The molecule has 2 heteroatoms. The molecule has 2 rings (SSSR count). The number of pyridine rings is 1.